The summed E-state index contributed by atoms with van der Waals surface area (Å²) in [5, 5.41) is 80.2. The zero-order valence-electron chi connectivity index (χ0n) is 71.3. The van der Waals surface area contributed by atoms with E-state index in [1.807, 2.05) is 83.2 Å². The van der Waals surface area contributed by atoms with Gasteiger partial charge in [0, 0.05) is 123 Å². The molecule has 38 heteroatoms. The second kappa shape index (κ2) is 42.1. The number of benzene rings is 2. The molecule has 128 heavy (non-hydrogen) atoms. The van der Waals surface area contributed by atoms with Crippen LogP contribution in [0, 0.1) is 46.2 Å². The number of ether oxygens (including phenoxy) is 1. The van der Waals surface area contributed by atoms with Gasteiger partial charge in [0.2, 0.25) is 23.7 Å². The topological polar surface area (TPSA) is 377 Å². The predicted molar refractivity (Wildman–Crippen MR) is 456 cm³/mol. The van der Waals surface area contributed by atoms with Crippen LogP contribution in [-0.2, 0) is 56.9 Å². The smallest absolute Gasteiger partial charge is 0.433 e. The van der Waals surface area contributed by atoms with E-state index in [2.05, 4.69) is 103 Å². The van der Waals surface area contributed by atoms with Gasteiger partial charge in [0.1, 0.15) is 80.7 Å². The van der Waals surface area contributed by atoms with Crippen molar-refractivity contribution in [3.63, 3.8) is 0 Å². The monoisotopic (exact) mass is 1780 g/mol. The van der Waals surface area contributed by atoms with Gasteiger partial charge in [-0.2, -0.15) is 65.0 Å². The van der Waals surface area contributed by atoms with Crippen LogP contribution in [0.25, 0.3) is 11.3 Å². The summed E-state index contributed by atoms with van der Waals surface area (Å²) < 4.78 is 167. The molecule has 0 spiro atoms. The molecular weight excluding hydrogens is 1680 g/mol. The summed E-state index contributed by atoms with van der Waals surface area (Å²) in [5.41, 5.74) is 0.371. The van der Waals surface area contributed by atoms with Gasteiger partial charge in [-0.15, -0.1) is 0 Å². The van der Waals surface area contributed by atoms with Gasteiger partial charge in [0.25, 0.3) is 5.92 Å². The Morgan fingerprint density at radius 2 is 0.953 bits per heavy atom. The van der Waals surface area contributed by atoms with E-state index < -0.39 is 64.5 Å². The third kappa shape index (κ3) is 27.4. The van der Waals surface area contributed by atoms with Gasteiger partial charge >= 0.3 is 18.5 Å². The highest BCUT2D eigenvalue weighted by Crippen LogP contribution is 2.43. The lowest BCUT2D eigenvalue weighted by molar-refractivity contribution is -0.142. The summed E-state index contributed by atoms with van der Waals surface area (Å²) in [6.45, 7) is 12.7. The lowest BCUT2D eigenvalue weighted by Crippen LogP contribution is -2.41. The molecule has 8 aromatic heterocycles. The first-order valence-corrected chi connectivity index (χ1v) is 41.7. The molecule has 4 aliphatic rings. The second-order valence-electron chi connectivity index (χ2n) is 33.8. The quantitative estimate of drug-likeness (QED) is 0.0250. The van der Waals surface area contributed by atoms with Crippen LogP contribution >= 0.6 is 0 Å². The van der Waals surface area contributed by atoms with E-state index in [4.69, 9.17) is 4.74 Å². The minimum atomic E-state index is -4.64. The van der Waals surface area contributed by atoms with Gasteiger partial charge in [0.05, 0.1) is 42.0 Å². The number of aryl methyl sites for hydroxylation is 3. The van der Waals surface area contributed by atoms with Gasteiger partial charge in [-0.1, -0.05) is 58.0 Å². The molecule has 11 N–H and O–H groups in total. The zero-order chi connectivity index (χ0) is 92.4. The number of nitrogens with zero attached hydrogens (tertiary/aromatic N) is 14. The van der Waals surface area contributed by atoms with Crippen LogP contribution in [0.1, 0.15) is 199 Å². The Balaban J connectivity index is 0.000000166. The first-order valence-electron chi connectivity index (χ1n) is 41.7. The van der Waals surface area contributed by atoms with Crippen molar-refractivity contribution < 1.29 is 77.8 Å². The van der Waals surface area contributed by atoms with Gasteiger partial charge in [-0.05, 0) is 198 Å². The molecule has 4 aliphatic carbocycles. The van der Waals surface area contributed by atoms with Crippen LogP contribution in [-0.4, -0.2) is 128 Å². The molecule has 0 aliphatic heterocycles. The Kier molecular flexibility index (Phi) is 31.7. The molecule has 10 aromatic rings. The summed E-state index contributed by atoms with van der Waals surface area (Å²) in [7, 11) is 0. The number of nitrogens with one attached hydrogen (secondary N) is 7. The summed E-state index contributed by atoms with van der Waals surface area (Å²) in [4.78, 5) is 49.0. The first-order chi connectivity index (χ1) is 60.6. The number of rotatable bonds is 24. The average molecular weight is 1780 g/mol. The van der Waals surface area contributed by atoms with E-state index in [1.54, 1.807) is 37.5 Å². The Bertz CT molecular complexity index is 5440. The average Bonchev–Trinajstić information content (AvgIpc) is 0.806. The fourth-order valence-electron chi connectivity index (χ4n) is 15.4. The molecule has 0 bridgehead atoms. The highest BCUT2D eigenvalue weighted by molar-refractivity contribution is 5.64. The van der Waals surface area contributed by atoms with Crippen molar-refractivity contribution in [3.05, 3.63) is 220 Å². The lowest BCUT2D eigenvalue weighted by Gasteiger charge is -2.40. The number of hydrogen-bond acceptors (Lipinski definition) is 26. The van der Waals surface area contributed by atoms with Gasteiger partial charge in [-0.25, -0.2) is 43.1 Å². The van der Waals surface area contributed by atoms with E-state index in [9.17, 15) is 83.6 Å². The van der Waals surface area contributed by atoms with Crippen LogP contribution in [0.2, 0.25) is 0 Å². The van der Waals surface area contributed by atoms with Crippen LogP contribution < -0.4 is 42.0 Å². The highest BCUT2D eigenvalue weighted by atomic mass is 19.4. The second-order valence-corrected chi connectivity index (χ2v) is 33.8. The van der Waals surface area contributed by atoms with Gasteiger partial charge in [-0.3, -0.25) is 15.0 Å². The normalized spacial score (nSPS) is 20.2. The van der Waals surface area contributed by atoms with Crippen molar-refractivity contribution >= 4 is 41.1 Å². The number of anilines is 7. The van der Waals surface area contributed by atoms with Gasteiger partial charge in [0.15, 0.2) is 0 Å². The van der Waals surface area contributed by atoms with Crippen molar-refractivity contribution in [2.24, 2.45) is 10.8 Å². The van der Waals surface area contributed by atoms with Crippen molar-refractivity contribution in [1.29, 1.82) is 10.5 Å². The minimum absolute atomic E-state index is 0.00778. The molecule has 8 heterocycles. The molecule has 0 amide bonds. The molecule has 680 valence electrons. The molecule has 0 saturated heterocycles. The van der Waals surface area contributed by atoms with Crippen molar-refractivity contribution in [2.75, 3.05) is 37.2 Å². The number of pyridine rings is 4. The third-order valence-corrected chi connectivity index (χ3v) is 22.6. The Morgan fingerprint density at radius 1 is 0.469 bits per heavy atom. The Labute approximate surface area is 732 Å². The van der Waals surface area contributed by atoms with Crippen LogP contribution in [0.15, 0.2) is 147 Å². The molecule has 4 saturated carbocycles. The fraction of sp³-hybridized carbons (Fsp3) is 0.444. The number of hydrogen-bond donors (Lipinski definition) is 11. The summed E-state index contributed by atoms with van der Waals surface area (Å²) in [6, 6.07) is 28.9. The summed E-state index contributed by atoms with van der Waals surface area (Å²) >= 11 is 0. The molecule has 0 radical (unpaired) electrons. The largest absolute Gasteiger partial charge is 0.439 e. The van der Waals surface area contributed by atoms with Crippen molar-refractivity contribution in [1.82, 2.24) is 59.8 Å². The van der Waals surface area contributed by atoms with Crippen LogP contribution in [0.5, 0.6) is 11.6 Å². The lowest BCUT2D eigenvalue weighted by atomic mass is 9.73. The molecule has 0 unspecified atom stereocenters. The molecule has 4 atom stereocenters. The molecular formula is C90H101F12N21O5. The molecule has 14 rings (SSSR count). The number of alkyl halides is 11. The minimum Gasteiger partial charge on any atom is -0.439 e. The predicted octanol–water partition coefficient (Wildman–Crippen LogP) is 18.5. The van der Waals surface area contributed by atoms with E-state index in [0.29, 0.717) is 117 Å². The first kappa shape index (κ1) is 96.4. The van der Waals surface area contributed by atoms with Gasteiger partial charge < -0.3 is 62.4 Å². The number of aliphatic hydroxyl groups is 4. The molecule has 26 nitrogen and oxygen atoms in total. The van der Waals surface area contributed by atoms with E-state index >= 15 is 0 Å². The van der Waals surface area contributed by atoms with Crippen LogP contribution in [0.4, 0.5) is 93.8 Å². The van der Waals surface area contributed by atoms with E-state index in [-0.39, 0.29) is 113 Å². The molecule has 2 aromatic carbocycles. The maximum absolute atomic E-state index is 13.8. The maximum Gasteiger partial charge on any atom is 0.433 e. The third-order valence-electron chi connectivity index (χ3n) is 22.6. The number of aromatic nitrogens is 12. The zero-order valence-corrected chi connectivity index (χ0v) is 71.3. The SMILES string of the molecule is CC1(C)C[C@H](Nc2nc(NCc3cccnc3-c3ccc(F)cc3)ncc2C(F)(F)F)CC[C@@H]1O.CC1(C)C[C@H](Nc2nc(NCc3cccnc3C(F)(F)F)ncc2C#N)CC[C@@H]1O.CC1(O)CCC(Nc2nc(CCc3cnccc3C(C)(F)F)ncc2C(F)(F)F)CC1.Cc1cccc(Oc2ncccc2CNc2ncc(C#N)c(NC3CCC(O)CC3)n2)c1. The maximum atomic E-state index is 13.8. The summed E-state index contributed by atoms with van der Waals surface area (Å²) in [6.07, 6.45) is 5.30. The Hall–Kier alpha value is -12.3. The van der Waals surface area contributed by atoms with E-state index in [0.717, 1.165) is 73.6 Å². The van der Waals surface area contributed by atoms with E-state index in [1.165, 1.54) is 55.1 Å². The number of halogens is 12. The highest BCUT2D eigenvalue weighted by Gasteiger charge is 2.42. The number of aliphatic hydroxyl groups excluding tert-OH is 3. The standard InChI is InChI=1S/C25H27F4N5O.C24H26N6O2.C21H25F5N4O.C20H23F3N6O/c1-24(2)12-18(9-10-20(24)35)33-22-19(25(27,28)29)14-32-23(34-22)31-13-16-4-3-11-30-21(16)15-5-7-17(26)8-6-15;1-16-4-2-6-21(12-16)32-23-17(5-3-11-26-23)14-27-24-28-15-18(13-25)22(30-24)29-19-7-9-20(31)10-8-19;1-19(31)8-5-14(6-9-19)29-18-16(21(24,25)26)12-28-17(30-18)4-3-13-11-27-10-7-15(13)20(2,22)23;1-19(2)8-14(5-6-15(19)30)28-17-13(9-24)11-27-18(29-17)26-10-12-4-3-7-25-16(12)20(21,22)23/h3-8,11,14,18,20,35H,9-10,12-13H2,1-2H3,(H2,31,32,33,34);2-6,11-12,15,19-20,31H,7-10,14H2,1H3,(H2,27,28,29,30);7,10-12,14,31H,3-6,8-9H2,1-2H3,(H,28,29,30);3-4,7,11,14-15,30H,5-6,8,10H2,1-2H3,(H2,26,27,28,29)/t18-,20+;;;14-,15+/m1..1/s1. The van der Waals surface area contributed by atoms with Crippen LogP contribution in [0.3, 0.4) is 0 Å². The number of nitriles is 2. The molecule has 4 fully saturated rings. The van der Waals surface area contributed by atoms with Crippen molar-refractivity contribution in [3.8, 4) is 35.0 Å². The fourth-order valence-corrected chi connectivity index (χ4v) is 15.4. The van der Waals surface area contributed by atoms with Crippen molar-refractivity contribution in [2.45, 2.75) is 243 Å². The Morgan fingerprint density at radius 3 is 1.51 bits per heavy atom. The summed E-state index contributed by atoms with van der Waals surface area (Å²) in [5.74, 6) is -1.32.